The van der Waals surface area contributed by atoms with Gasteiger partial charge in [-0.15, -0.1) is 0 Å². The minimum atomic E-state index is -4.15. The zero-order valence-electron chi connectivity index (χ0n) is 11.0. The Balaban J connectivity index is 4.47. The van der Waals surface area contributed by atoms with Gasteiger partial charge in [0.1, 0.15) is 0 Å². The third-order valence-electron chi connectivity index (χ3n) is 3.14. The molecule has 0 aliphatic rings. The van der Waals surface area contributed by atoms with E-state index in [9.17, 15) is 17.8 Å². The first-order valence-electron chi connectivity index (χ1n) is 5.99. The van der Waals surface area contributed by atoms with E-state index >= 15 is 0 Å². The van der Waals surface area contributed by atoms with Gasteiger partial charge in [0.25, 0.3) is 0 Å². The summed E-state index contributed by atoms with van der Waals surface area (Å²) in [5.74, 6) is -0.838. The maximum Gasteiger partial charge on any atom is 0.241 e. The lowest BCUT2D eigenvalue weighted by Gasteiger charge is -2.36. The molecule has 0 aliphatic heterocycles. The molecule has 0 heterocycles. The number of carbonyl (C=O) groups excluding carboxylic acids is 1. The Bertz CT molecular complexity index is 386. The number of quaternary nitrogens is 1. The SMILES string of the molecule is CC[N+](CC)(CC=CC(N)=O)CCCS(=O)(=O)[O-]. The normalized spacial score (nSPS) is 13.1. The van der Waals surface area contributed by atoms with Crippen LogP contribution < -0.4 is 5.73 Å². The van der Waals surface area contributed by atoms with Crippen LogP contribution in [-0.4, -0.2) is 55.3 Å². The van der Waals surface area contributed by atoms with E-state index in [0.29, 0.717) is 24.0 Å². The van der Waals surface area contributed by atoms with Crippen molar-refractivity contribution in [1.82, 2.24) is 0 Å². The van der Waals surface area contributed by atoms with Gasteiger partial charge in [0.2, 0.25) is 5.91 Å². The van der Waals surface area contributed by atoms with Crippen molar-refractivity contribution in [2.24, 2.45) is 5.73 Å². The highest BCUT2D eigenvalue weighted by molar-refractivity contribution is 7.85. The first kappa shape index (κ1) is 17.1. The quantitative estimate of drug-likeness (QED) is 0.359. The zero-order chi connectivity index (χ0) is 14.2. The fourth-order valence-corrected chi connectivity index (χ4v) is 2.34. The Kier molecular flexibility index (Phi) is 7.12. The van der Waals surface area contributed by atoms with Crippen LogP contribution in [0.2, 0.25) is 0 Å². The van der Waals surface area contributed by atoms with Gasteiger partial charge >= 0.3 is 0 Å². The van der Waals surface area contributed by atoms with E-state index in [1.165, 1.54) is 6.08 Å². The Morgan fingerprint density at radius 1 is 1.33 bits per heavy atom. The van der Waals surface area contributed by atoms with Gasteiger partial charge in [-0.2, -0.15) is 0 Å². The van der Waals surface area contributed by atoms with Gasteiger partial charge in [-0.05, 0) is 19.9 Å². The summed E-state index contributed by atoms with van der Waals surface area (Å²) in [5, 5.41) is 0. The van der Waals surface area contributed by atoms with E-state index in [2.05, 4.69) is 0 Å². The van der Waals surface area contributed by atoms with Gasteiger partial charge in [0.15, 0.2) is 0 Å². The molecule has 18 heavy (non-hydrogen) atoms. The Labute approximate surface area is 109 Å². The van der Waals surface area contributed by atoms with Crippen LogP contribution in [0.4, 0.5) is 0 Å². The van der Waals surface area contributed by atoms with Crippen molar-refractivity contribution in [3.8, 4) is 0 Å². The molecule has 106 valence electrons. The summed E-state index contributed by atoms with van der Waals surface area (Å²) in [4.78, 5) is 10.6. The lowest BCUT2D eigenvalue weighted by atomic mass is 10.2. The average molecular weight is 278 g/mol. The molecular formula is C11H22N2O4S. The monoisotopic (exact) mass is 278 g/mol. The Hall–Kier alpha value is -0.920. The van der Waals surface area contributed by atoms with Gasteiger partial charge in [-0.3, -0.25) is 4.79 Å². The molecule has 0 rings (SSSR count). The van der Waals surface area contributed by atoms with Crippen LogP contribution in [0, 0.1) is 0 Å². The third kappa shape index (κ3) is 7.41. The number of primary amides is 1. The molecule has 7 heteroatoms. The van der Waals surface area contributed by atoms with E-state index in [4.69, 9.17) is 5.73 Å². The first-order valence-corrected chi connectivity index (χ1v) is 7.57. The smallest absolute Gasteiger partial charge is 0.241 e. The van der Waals surface area contributed by atoms with E-state index in [0.717, 1.165) is 13.1 Å². The van der Waals surface area contributed by atoms with Crippen molar-refractivity contribution in [3.05, 3.63) is 12.2 Å². The molecule has 0 aromatic carbocycles. The summed E-state index contributed by atoms with van der Waals surface area (Å²) >= 11 is 0. The molecule has 1 amide bonds. The molecule has 0 aromatic rings. The number of nitrogens with two attached hydrogens (primary N) is 1. The topological polar surface area (TPSA) is 100 Å². The van der Waals surface area contributed by atoms with Crippen LogP contribution in [0.5, 0.6) is 0 Å². The zero-order valence-corrected chi connectivity index (χ0v) is 11.8. The minimum absolute atomic E-state index is 0.331. The van der Waals surface area contributed by atoms with Crippen molar-refractivity contribution in [2.75, 3.05) is 31.9 Å². The second-order valence-corrected chi connectivity index (χ2v) is 5.82. The molecule has 0 saturated heterocycles. The molecule has 0 spiro atoms. The molecule has 0 saturated carbocycles. The molecule has 0 atom stereocenters. The number of amides is 1. The standard InChI is InChI=1S/C11H22N2O4S/c1-3-13(4-2,8-5-7-11(12)14)9-6-10-18(15,16)17/h5,7H,3-4,6,8-10H2,1-2H3,(H2-,12,14,15,16,17). The molecule has 0 fully saturated rings. The molecule has 0 bridgehead atoms. The molecule has 2 N–H and O–H groups in total. The maximum absolute atomic E-state index is 10.6. The van der Waals surface area contributed by atoms with Gasteiger partial charge in [0, 0.05) is 18.2 Å². The highest BCUT2D eigenvalue weighted by Gasteiger charge is 2.21. The summed E-state index contributed by atoms with van der Waals surface area (Å²) in [7, 11) is -4.15. The number of rotatable bonds is 9. The van der Waals surface area contributed by atoms with E-state index in [1.807, 2.05) is 13.8 Å². The first-order chi connectivity index (χ1) is 8.24. The molecule has 0 radical (unpaired) electrons. The van der Waals surface area contributed by atoms with Crippen molar-refractivity contribution in [1.29, 1.82) is 0 Å². The molecule has 0 unspecified atom stereocenters. The summed E-state index contributed by atoms with van der Waals surface area (Å²) < 4.78 is 32.3. The minimum Gasteiger partial charge on any atom is -0.748 e. The lowest BCUT2D eigenvalue weighted by Crippen LogP contribution is -2.49. The average Bonchev–Trinajstić information content (AvgIpc) is 2.25. The predicted molar refractivity (Wildman–Crippen MR) is 68.6 cm³/mol. The maximum atomic E-state index is 10.6. The van der Waals surface area contributed by atoms with Crippen LogP contribution in [0.15, 0.2) is 12.2 Å². The second kappa shape index (κ2) is 7.50. The molecule has 0 aromatic heterocycles. The summed E-state index contributed by atoms with van der Waals surface area (Å²) in [5.41, 5.74) is 5.01. The summed E-state index contributed by atoms with van der Waals surface area (Å²) in [6.45, 7) is 6.80. The van der Waals surface area contributed by atoms with Gasteiger partial charge < -0.3 is 14.8 Å². The van der Waals surface area contributed by atoms with Crippen LogP contribution in [0.25, 0.3) is 0 Å². The number of hydrogen-bond acceptors (Lipinski definition) is 4. The van der Waals surface area contributed by atoms with Crippen LogP contribution >= 0.6 is 0 Å². The number of nitrogens with zero attached hydrogens (tertiary/aromatic N) is 1. The van der Waals surface area contributed by atoms with Crippen LogP contribution in [0.3, 0.4) is 0 Å². The number of hydrogen-bond donors (Lipinski definition) is 1. The Morgan fingerprint density at radius 3 is 2.28 bits per heavy atom. The molecular weight excluding hydrogens is 256 g/mol. The molecule has 6 nitrogen and oxygen atoms in total. The van der Waals surface area contributed by atoms with Gasteiger partial charge in [0.05, 0.1) is 36.3 Å². The summed E-state index contributed by atoms with van der Waals surface area (Å²) in [6, 6.07) is 0. The van der Waals surface area contributed by atoms with Crippen molar-refractivity contribution < 1.29 is 22.2 Å². The Morgan fingerprint density at radius 2 is 1.89 bits per heavy atom. The fourth-order valence-electron chi connectivity index (χ4n) is 1.86. The fraction of sp³-hybridized carbons (Fsp3) is 0.727. The van der Waals surface area contributed by atoms with Crippen molar-refractivity contribution in [2.45, 2.75) is 20.3 Å². The van der Waals surface area contributed by atoms with Gasteiger partial charge in [-0.25, -0.2) is 8.42 Å². The molecule has 0 aliphatic carbocycles. The van der Waals surface area contributed by atoms with Gasteiger partial charge in [-0.1, -0.05) is 0 Å². The van der Waals surface area contributed by atoms with Crippen molar-refractivity contribution in [3.63, 3.8) is 0 Å². The summed E-state index contributed by atoms with van der Waals surface area (Å²) in [6.07, 6.45) is 3.33. The largest absolute Gasteiger partial charge is 0.748 e. The lowest BCUT2D eigenvalue weighted by molar-refractivity contribution is -0.919. The van der Waals surface area contributed by atoms with Crippen LogP contribution in [-0.2, 0) is 14.9 Å². The second-order valence-electron chi connectivity index (χ2n) is 4.30. The number of likely N-dealkylation sites (N-methyl/N-ethyl adjacent to an activating group) is 1. The number of carbonyl (C=O) groups is 1. The highest BCUT2D eigenvalue weighted by atomic mass is 32.2. The third-order valence-corrected chi connectivity index (χ3v) is 3.93. The van der Waals surface area contributed by atoms with Crippen LogP contribution in [0.1, 0.15) is 20.3 Å². The van der Waals surface area contributed by atoms with Crippen molar-refractivity contribution >= 4 is 16.0 Å². The van der Waals surface area contributed by atoms with E-state index in [-0.39, 0.29) is 5.75 Å². The van der Waals surface area contributed by atoms with E-state index in [1.54, 1.807) is 6.08 Å². The highest BCUT2D eigenvalue weighted by Crippen LogP contribution is 2.09. The van der Waals surface area contributed by atoms with E-state index < -0.39 is 16.0 Å². The predicted octanol–water partition coefficient (Wildman–Crippen LogP) is -0.180.